The molecule has 1 N–H and O–H groups in total. The van der Waals surface area contributed by atoms with E-state index in [1.807, 2.05) is 12.1 Å². The second kappa shape index (κ2) is 5.65. The molecule has 6 heteroatoms. The molecule has 90 valence electrons. The second-order valence-electron chi connectivity index (χ2n) is 3.36. The molecule has 0 aliphatic rings. The van der Waals surface area contributed by atoms with Crippen LogP contribution in [0.5, 0.6) is 0 Å². The van der Waals surface area contributed by atoms with Crippen LogP contribution in [0.25, 0.3) is 0 Å². The standard InChI is InChI=1S/C12H6Br2N2OS/c13-8-2-1-7(6-15)9(5-8)16-12(17)10-3-4-11(14)18-10/h1-5H,(H,16,17). The molecule has 1 aromatic heterocycles. The summed E-state index contributed by atoms with van der Waals surface area (Å²) in [5, 5.41) is 11.7. The summed E-state index contributed by atoms with van der Waals surface area (Å²) in [4.78, 5) is 12.5. The van der Waals surface area contributed by atoms with Crippen molar-refractivity contribution >= 4 is 54.8 Å². The molecule has 0 fully saturated rings. The van der Waals surface area contributed by atoms with E-state index in [-0.39, 0.29) is 5.91 Å². The van der Waals surface area contributed by atoms with Gasteiger partial charge in [-0.25, -0.2) is 0 Å². The molecule has 0 radical (unpaired) electrons. The van der Waals surface area contributed by atoms with Crippen molar-refractivity contribution in [3.8, 4) is 6.07 Å². The monoisotopic (exact) mass is 384 g/mol. The third-order valence-electron chi connectivity index (χ3n) is 2.15. The number of carbonyl (C=O) groups is 1. The second-order valence-corrected chi connectivity index (χ2v) is 6.74. The number of nitriles is 1. The van der Waals surface area contributed by atoms with Gasteiger partial charge in [0.05, 0.1) is 19.9 Å². The van der Waals surface area contributed by atoms with Crippen molar-refractivity contribution in [3.05, 3.63) is 49.0 Å². The third kappa shape index (κ3) is 2.99. The van der Waals surface area contributed by atoms with E-state index in [1.165, 1.54) is 11.3 Å². The number of hydrogen-bond donors (Lipinski definition) is 1. The fourth-order valence-electron chi connectivity index (χ4n) is 1.34. The molecule has 3 nitrogen and oxygen atoms in total. The van der Waals surface area contributed by atoms with Crippen molar-refractivity contribution < 1.29 is 4.79 Å². The first-order chi connectivity index (χ1) is 8.60. The van der Waals surface area contributed by atoms with Crippen LogP contribution in [0.3, 0.4) is 0 Å². The van der Waals surface area contributed by atoms with E-state index in [9.17, 15) is 4.79 Å². The molecule has 2 aromatic rings. The summed E-state index contributed by atoms with van der Waals surface area (Å²) in [7, 11) is 0. The molecule has 0 atom stereocenters. The Kier molecular flexibility index (Phi) is 4.17. The van der Waals surface area contributed by atoms with Gasteiger partial charge in [-0.1, -0.05) is 15.9 Å². The summed E-state index contributed by atoms with van der Waals surface area (Å²) in [5.74, 6) is -0.222. The van der Waals surface area contributed by atoms with E-state index in [0.717, 1.165) is 8.26 Å². The molecule has 0 aliphatic carbocycles. The van der Waals surface area contributed by atoms with Crippen LogP contribution in [-0.2, 0) is 0 Å². The van der Waals surface area contributed by atoms with E-state index < -0.39 is 0 Å². The highest BCUT2D eigenvalue weighted by Crippen LogP contribution is 2.25. The normalized spacial score (nSPS) is 9.83. The number of benzene rings is 1. The van der Waals surface area contributed by atoms with Gasteiger partial charge in [-0.3, -0.25) is 4.79 Å². The molecule has 0 saturated carbocycles. The topological polar surface area (TPSA) is 52.9 Å². The lowest BCUT2D eigenvalue weighted by atomic mass is 10.2. The highest BCUT2D eigenvalue weighted by molar-refractivity contribution is 9.11. The van der Waals surface area contributed by atoms with Gasteiger partial charge in [-0.15, -0.1) is 11.3 Å². The predicted octanol–water partition coefficient (Wildman–Crippen LogP) is 4.40. The van der Waals surface area contributed by atoms with Crippen LogP contribution in [0.15, 0.2) is 38.6 Å². The molecule has 0 bridgehead atoms. The zero-order valence-corrected chi connectivity index (χ0v) is 12.9. The number of anilines is 1. The Bertz CT molecular complexity index is 646. The molecular weight excluding hydrogens is 380 g/mol. The van der Waals surface area contributed by atoms with Gasteiger partial charge in [0.2, 0.25) is 0 Å². The van der Waals surface area contributed by atoms with Crippen LogP contribution in [0.1, 0.15) is 15.2 Å². The minimum Gasteiger partial charge on any atom is -0.320 e. The smallest absolute Gasteiger partial charge is 0.265 e. The van der Waals surface area contributed by atoms with Crippen molar-refractivity contribution in [3.63, 3.8) is 0 Å². The quantitative estimate of drug-likeness (QED) is 0.832. The number of hydrogen-bond acceptors (Lipinski definition) is 3. The summed E-state index contributed by atoms with van der Waals surface area (Å²) in [5.41, 5.74) is 0.934. The summed E-state index contributed by atoms with van der Waals surface area (Å²) in [6.45, 7) is 0. The summed E-state index contributed by atoms with van der Waals surface area (Å²) in [6.07, 6.45) is 0. The molecular formula is C12H6Br2N2OS. The average Bonchev–Trinajstić information content (AvgIpc) is 2.76. The Morgan fingerprint density at radius 3 is 2.67 bits per heavy atom. The molecule has 1 amide bonds. The summed E-state index contributed by atoms with van der Waals surface area (Å²) < 4.78 is 1.70. The van der Waals surface area contributed by atoms with Crippen molar-refractivity contribution in [2.75, 3.05) is 5.32 Å². The molecule has 0 aliphatic heterocycles. The van der Waals surface area contributed by atoms with Crippen LogP contribution in [-0.4, -0.2) is 5.91 Å². The lowest BCUT2D eigenvalue weighted by molar-refractivity contribution is 0.103. The van der Waals surface area contributed by atoms with Gasteiger partial charge in [0.15, 0.2) is 0 Å². The maximum atomic E-state index is 12.0. The van der Waals surface area contributed by atoms with Crippen molar-refractivity contribution in [2.24, 2.45) is 0 Å². The van der Waals surface area contributed by atoms with Crippen molar-refractivity contribution in [1.82, 2.24) is 0 Å². The van der Waals surface area contributed by atoms with Crippen molar-refractivity contribution in [1.29, 1.82) is 5.26 Å². The molecule has 2 rings (SSSR count). The SMILES string of the molecule is N#Cc1ccc(Br)cc1NC(=O)c1ccc(Br)s1. The first kappa shape index (κ1) is 13.3. The number of rotatable bonds is 2. The Labute approximate surface area is 125 Å². The molecule has 0 unspecified atom stereocenters. The largest absolute Gasteiger partial charge is 0.320 e. The number of thiophene rings is 1. The van der Waals surface area contributed by atoms with E-state index >= 15 is 0 Å². The van der Waals surface area contributed by atoms with E-state index in [2.05, 4.69) is 37.2 Å². The maximum Gasteiger partial charge on any atom is 0.265 e. The Balaban J connectivity index is 2.27. The number of halogens is 2. The van der Waals surface area contributed by atoms with E-state index in [4.69, 9.17) is 5.26 Å². The fourth-order valence-corrected chi connectivity index (χ4v) is 2.98. The van der Waals surface area contributed by atoms with E-state index in [1.54, 1.807) is 24.3 Å². The minimum atomic E-state index is -0.222. The molecule has 1 aromatic carbocycles. The van der Waals surface area contributed by atoms with Crippen LogP contribution >= 0.6 is 43.2 Å². The third-order valence-corrected chi connectivity index (χ3v) is 4.26. The zero-order chi connectivity index (χ0) is 13.1. The van der Waals surface area contributed by atoms with Gasteiger partial charge in [0.1, 0.15) is 6.07 Å². The average molecular weight is 386 g/mol. The molecule has 0 saturated heterocycles. The zero-order valence-electron chi connectivity index (χ0n) is 8.91. The lowest BCUT2D eigenvalue weighted by Crippen LogP contribution is -2.11. The van der Waals surface area contributed by atoms with Crippen LogP contribution in [0, 0.1) is 11.3 Å². The van der Waals surface area contributed by atoms with Crippen LogP contribution in [0.2, 0.25) is 0 Å². The van der Waals surface area contributed by atoms with Gasteiger partial charge in [0, 0.05) is 4.47 Å². The highest BCUT2D eigenvalue weighted by Gasteiger charge is 2.11. The van der Waals surface area contributed by atoms with Gasteiger partial charge in [-0.05, 0) is 46.3 Å². The van der Waals surface area contributed by atoms with Gasteiger partial charge in [0.25, 0.3) is 5.91 Å². The van der Waals surface area contributed by atoms with E-state index in [0.29, 0.717) is 16.1 Å². The fraction of sp³-hybridized carbons (Fsp3) is 0. The highest BCUT2D eigenvalue weighted by atomic mass is 79.9. The van der Waals surface area contributed by atoms with Crippen LogP contribution in [0.4, 0.5) is 5.69 Å². The number of nitrogens with zero attached hydrogens (tertiary/aromatic N) is 1. The Morgan fingerprint density at radius 2 is 2.06 bits per heavy atom. The predicted molar refractivity (Wildman–Crippen MR) is 78.8 cm³/mol. The molecule has 18 heavy (non-hydrogen) atoms. The Morgan fingerprint density at radius 1 is 1.28 bits per heavy atom. The van der Waals surface area contributed by atoms with Crippen LogP contribution < -0.4 is 5.32 Å². The van der Waals surface area contributed by atoms with Gasteiger partial charge < -0.3 is 5.32 Å². The molecule has 0 spiro atoms. The summed E-state index contributed by atoms with van der Waals surface area (Å²) in [6, 6.07) is 10.7. The number of carbonyl (C=O) groups excluding carboxylic acids is 1. The Hall–Kier alpha value is -1.16. The first-order valence-corrected chi connectivity index (χ1v) is 7.27. The molecule has 1 heterocycles. The van der Waals surface area contributed by atoms with Gasteiger partial charge >= 0.3 is 0 Å². The maximum absolute atomic E-state index is 12.0. The number of nitrogens with one attached hydrogen (secondary N) is 1. The first-order valence-electron chi connectivity index (χ1n) is 4.86. The number of amides is 1. The summed E-state index contributed by atoms with van der Waals surface area (Å²) >= 11 is 7.96. The minimum absolute atomic E-state index is 0.222. The van der Waals surface area contributed by atoms with Gasteiger partial charge in [-0.2, -0.15) is 5.26 Å². The lowest BCUT2D eigenvalue weighted by Gasteiger charge is -2.06. The van der Waals surface area contributed by atoms with Crippen molar-refractivity contribution in [2.45, 2.75) is 0 Å².